The lowest BCUT2D eigenvalue weighted by atomic mass is 10.1. The number of carbonyl (C=O) groups excluding carboxylic acids is 2. The van der Waals surface area contributed by atoms with Crippen molar-refractivity contribution in [3.8, 4) is 0 Å². The second-order valence-corrected chi connectivity index (χ2v) is 5.52. The number of aromatic nitrogens is 1. The molecule has 1 aliphatic carbocycles. The van der Waals surface area contributed by atoms with Gasteiger partial charge in [0.15, 0.2) is 5.76 Å². The standard InChI is InChI=1S/C15H24N4O3/c1-2-12-9-13(22-19-12)10-18-15(21)17-8-7-16-14(20)11-5-3-4-6-11/h9,11H,2-8,10H2,1H3,(H,16,20)(H2,17,18,21). The number of aryl methyl sites for hydroxylation is 1. The number of amides is 3. The van der Waals surface area contributed by atoms with E-state index in [1.807, 2.05) is 13.0 Å². The minimum absolute atomic E-state index is 0.105. The molecule has 1 fully saturated rings. The zero-order valence-electron chi connectivity index (χ0n) is 13.0. The average molecular weight is 308 g/mol. The maximum absolute atomic E-state index is 11.8. The van der Waals surface area contributed by atoms with E-state index >= 15 is 0 Å². The Morgan fingerprint density at radius 1 is 1.23 bits per heavy atom. The van der Waals surface area contributed by atoms with Crippen LogP contribution in [-0.4, -0.2) is 30.2 Å². The number of hydrogen-bond acceptors (Lipinski definition) is 4. The van der Waals surface area contributed by atoms with Crippen LogP contribution < -0.4 is 16.0 Å². The molecule has 0 unspecified atom stereocenters. The van der Waals surface area contributed by atoms with Crippen molar-refractivity contribution >= 4 is 11.9 Å². The van der Waals surface area contributed by atoms with E-state index in [4.69, 9.17) is 4.52 Å². The van der Waals surface area contributed by atoms with Crippen LogP contribution in [0.5, 0.6) is 0 Å². The summed E-state index contributed by atoms with van der Waals surface area (Å²) in [5, 5.41) is 12.1. The van der Waals surface area contributed by atoms with Crippen LogP contribution in [0.25, 0.3) is 0 Å². The lowest BCUT2D eigenvalue weighted by Crippen LogP contribution is -2.41. The van der Waals surface area contributed by atoms with Crippen molar-refractivity contribution in [1.29, 1.82) is 0 Å². The van der Waals surface area contributed by atoms with E-state index < -0.39 is 0 Å². The van der Waals surface area contributed by atoms with Crippen molar-refractivity contribution < 1.29 is 14.1 Å². The largest absolute Gasteiger partial charge is 0.359 e. The van der Waals surface area contributed by atoms with Gasteiger partial charge in [-0.1, -0.05) is 24.9 Å². The maximum atomic E-state index is 11.8. The topological polar surface area (TPSA) is 96.3 Å². The Hall–Kier alpha value is -2.05. The molecule has 3 amide bonds. The molecule has 1 aromatic rings. The first-order valence-corrected chi connectivity index (χ1v) is 7.93. The summed E-state index contributed by atoms with van der Waals surface area (Å²) in [5.74, 6) is 0.892. The molecule has 0 aliphatic heterocycles. The van der Waals surface area contributed by atoms with E-state index in [1.165, 1.54) is 0 Å². The summed E-state index contributed by atoms with van der Waals surface area (Å²) in [6, 6.07) is 1.53. The van der Waals surface area contributed by atoms with Gasteiger partial charge in [-0.15, -0.1) is 0 Å². The third-order valence-corrected chi connectivity index (χ3v) is 3.83. The number of hydrogen-bond donors (Lipinski definition) is 3. The molecule has 0 bridgehead atoms. The second kappa shape index (κ2) is 8.41. The normalized spacial score (nSPS) is 14.8. The molecule has 1 aliphatic rings. The van der Waals surface area contributed by atoms with Crippen LogP contribution in [0.4, 0.5) is 4.79 Å². The van der Waals surface area contributed by atoms with Gasteiger partial charge in [-0.05, 0) is 19.3 Å². The van der Waals surface area contributed by atoms with Gasteiger partial charge in [0.05, 0.1) is 12.2 Å². The van der Waals surface area contributed by atoms with Crippen molar-refractivity contribution in [2.24, 2.45) is 5.92 Å². The highest BCUT2D eigenvalue weighted by Crippen LogP contribution is 2.24. The van der Waals surface area contributed by atoms with Crippen molar-refractivity contribution in [1.82, 2.24) is 21.1 Å². The maximum Gasteiger partial charge on any atom is 0.315 e. The molecule has 0 aromatic carbocycles. The Kier molecular flexibility index (Phi) is 6.24. The van der Waals surface area contributed by atoms with Gasteiger partial charge in [-0.3, -0.25) is 4.79 Å². The fourth-order valence-corrected chi connectivity index (χ4v) is 2.53. The van der Waals surface area contributed by atoms with Crippen LogP contribution in [0.2, 0.25) is 0 Å². The number of nitrogens with one attached hydrogen (secondary N) is 3. The van der Waals surface area contributed by atoms with Crippen molar-refractivity contribution in [2.75, 3.05) is 13.1 Å². The van der Waals surface area contributed by atoms with Gasteiger partial charge in [-0.2, -0.15) is 0 Å². The number of nitrogens with zero attached hydrogens (tertiary/aromatic N) is 1. The van der Waals surface area contributed by atoms with Crippen molar-refractivity contribution in [2.45, 2.75) is 45.6 Å². The van der Waals surface area contributed by atoms with E-state index in [-0.39, 0.29) is 17.9 Å². The van der Waals surface area contributed by atoms with Gasteiger partial charge in [0.1, 0.15) is 0 Å². The first kappa shape index (κ1) is 16.3. The number of carbonyl (C=O) groups is 2. The van der Waals surface area contributed by atoms with Crippen LogP contribution in [0.3, 0.4) is 0 Å². The Bertz CT molecular complexity index is 495. The van der Waals surface area contributed by atoms with Gasteiger partial charge in [0.2, 0.25) is 5.91 Å². The summed E-state index contributed by atoms with van der Waals surface area (Å²) in [7, 11) is 0. The molecule has 7 nitrogen and oxygen atoms in total. The zero-order valence-corrected chi connectivity index (χ0v) is 13.0. The fourth-order valence-electron chi connectivity index (χ4n) is 2.53. The van der Waals surface area contributed by atoms with Gasteiger partial charge in [0, 0.05) is 25.1 Å². The lowest BCUT2D eigenvalue weighted by molar-refractivity contribution is -0.124. The molecule has 3 N–H and O–H groups in total. The quantitative estimate of drug-likeness (QED) is 0.662. The Morgan fingerprint density at radius 2 is 1.95 bits per heavy atom. The van der Waals surface area contributed by atoms with Crippen LogP contribution in [0, 0.1) is 5.92 Å². The van der Waals surface area contributed by atoms with Crippen LogP contribution in [0.15, 0.2) is 10.6 Å². The molecule has 0 saturated heterocycles. The number of urea groups is 1. The van der Waals surface area contributed by atoms with Crippen molar-refractivity contribution in [3.05, 3.63) is 17.5 Å². The highest BCUT2D eigenvalue weighted by atomic mass is 16.5. The van der Waals surface area contributed by atoms with Gasteiger partial charge in [-0.25, -0.2) is 4.79 Å². The summed E-state index contributed by atoms with van der Waals surface area (Å²) in [4.78, 5) is 23.4. The van der Waals surface area contributed by atoms with E-state index in [2.05, 4.69) is 21.1 Å². The molecule has 1 heterocycles. The fraction of sp³-hybridized carbons (Fsp3) is 0.667. The molecule has 122 valence electrons. The Morgan fingerprint density at radius 3 is 2.64 bits per heavy atom. The number of rotatable bonds is 7. The average Bonchev–Trinajstić information content (AvgIpc) is 3.20. The predicted octanol–water partition coefficient (Wildman–Crippen LogP) is 1.34. The monoisotopic (exact) mass is 308 g/mol. The molecule has 2 rings (SSSR count). The summed E-state index contributed by atoms with van der Waals surface area (Å²) >= 11 is 0. The highest BCUT2D eigenvalue weighted by molar-refractivity contribution is 5.79. The Balaban J connectivity index is 1.54. The van der Waals surface area contributed by atoms with Crippen LogP contribution >= 0.6 is 0 Å². The van der Waals surface area contributed by atoms with Crippen LogP contribution in [0.1, 0.15) is 44.1 Å². The highest BCUT2D eigenvalue weighted by Gasteiger charge is 2.21. The summed E-state index contributed by atoms with van der Waals surface area (Å²) < 4.78 is 5.07. The molecule has 0 spiro atoms. The molecule has 7 heteroatoms. The van der Waals surface area contributed by atoms with Gasteiger partial charge in [0.25, 0.3) is 0 Å². The zero-order chi connectivity index (χ0) is 15.8. The van der Waals surface area contributed by atoms with Gasteiger partial charge >= 0.3 is 6.03 Å². The van der Waals surface area contributed by atoms with E-state index in [0.717, 1.165) is 37.8 Å². The molecular formula is C15H24N4O3. The van der Waals surface area contributed by atoms with E-state index in [9.17, 15) is 9.59 Å². The molecule has 0 atom stereocenters. The summed E-state index contributed by atoms with van der Waals surface area (Å²) in [6.07, 6.45) is 5.05. The van der Waals surface area contributed by atoms with E-state index in [1.54, 1.807) is 0 Å². The summed E-state index contributed by atoms with van der Waals surface area (Å²) in [6.45, 7) is 3.14. The molecular weight excluding hydrogens is 284 g/mol. The lowest BCUT2D eigenvalue weighted by Gasteiger charge is -2.11. The van der Waals surface area contributed by atoms with Crippen LogP contribution in [-0.2, 0) is 17.8 Å². The van der Waals surface area contributed by atoms with Gasteiger partial charge < -0.3 is 20.5 Å². The first-order valence-electron chi connectivity index (χ1n) is 7.93. The molecule has 1 aromatic heterocycles. The van der Waals surface area contributed by atoms with E-state index in [0.29, 0.717) is 25.4 Å². The third kappa shape index (κ3) is 5.05. The second-order valence-electron chi connectivity index (χ2n) is 5.52. The predicted molar refractivity (Wildman–Crippen MR) is 81.1 cm³/mol. The smallest absolute Gasteiger partial charge is 0.315 e. The SMILES string of the molecule is CCc1cc(CNC(=O)NCCNC(=O)C2CCCC2)on1. The van der Waals surface area contributed by atoms with Crippen molar-refractivity contribution in [3.63, 3.8) is 0 Å². The third-order valence-electron chi connectivity index (χ3n) is 3.83. The Labute approximate surface area is 130 Å². The molecule has 0 radical (unpaired) electrons. The minimum atomic E-state index is -0.287. The minimum Gasteiger partial charge on any atom is -0.359 e. The summed E-state index contributed by atoms with van der Waals surface area (Å²) in [5.41, 5.74) is 0.867. The first-order chi connectivity index (χ1) is 10.7. The molecule has 22 heavy (non-hydrogen) atoms. The molecule has 1 saturated carbocycles.